The van der Waals surface area contributed by atoms with Crippen molar-refractivity contribution in [3.63, 3.8) is 0 Å². The van der Waals surface area contributed by atoms with E-state index >= 15 is 0 Å². The van der Waals surface area contributed by atoms with Crippen LogP contribution in [0.25, 0.3) is 0 Å². The van der Waals surface area contributed by atoms with Crippen molar-refractivity contribution in [3.05, 3.63) is 47.3 Å². The SMILES string of the molecule is Cc1cc(C)nc(NNC(=O)COc2ccccc2C(C)(C)C)n1. The van der Waals surface area contributed by atoms with Gasteiger partial charge in [0.15, 0.2) is 6.61 Å². The molecule has 1 aromatic carbocycles. The lowest BCUT2D eigenvalue weighted by atomic mass is 9.86. The van der Waals surface area contributed by atoms with Gasteiger partial charge in [0.05, 0.1) is 0 Å². The van der Waals surface area contributed by atoms with Crippen molar-refractivity contribution in [1.82, 2.24) is 15.4 Å². The molecule has 1 aromatic heterocycles. The Morgan fingerprint density at radius 1 is 1.12 bits per heavy atom. The number of para-hydroxylation sites is 1. The van der Waals surface area contributed by atoms with Crippen LogP contribution in [0.1, 0.15) is 37.7 Å². The molecule has 0 saturated carbocycles. The van der Waals surface area contributed by atoms with E-state index in [2.05, 4.69) is 41.6 Å². The van der Waals surface area contributed by atoms with Crippen LogP contribution in [0, 0.1) is 13.8 Å². The Hall–Kier alpha value is -2.63. The van der Waals surface area contributed by atoms with Gasteiger partial charge in [0.1, 0.15) is 5.75 Å². The van der Waals surface area contributed by atoms with Crippen LogP contribution in [-0.4, -0.2) is 22.5 Å². The summed E-state index contributed by atoms with van der Waals surface area (Å²) in [5.41, 5.74) is 7.91. The van der Waals surface area contributed by atoms with E-state index in [1.54, 1.807) is 0 Å². The number of aromatic nitrogens is 2. The van der Waals surface area contributed by atoms with Gasteiger partial charge in [-0.05, 0) is 37.0 Å². The molecular formula is C18H24N4O2. The molecule has 2 N–H and O–H groups in total. The van der Waals surface area contributed by atoms with E-state index in [9.17, 15) is 4.79 Å². The van der Waals surface area contributed by atoms with Gasteiger partial charge >= 0.3 is 0 Å². The first-order chi connectivity index (χ1) is 11.3. The number of hydrogen-bond acceptors (Lipinski definition) is 5. The minimum atomic E-state index is -0.304. The molecule has 0 unspecified atom stereocenters. The van der Waals surface area contributed by atoms with E-state index in [0.29, 0.717) is 11.7 Å². The highest BCUT2D eigenvalue weighted by atomic mass is 16.5. The summed E-state index contributed by atoms with van der Waals surface area (Å²) in [6.45, 7) is 9.96. The number of amides is 1. The van der Waals surface area contributed by atoms with E-state index in [1.807, 2.05) is 44.2 Å². The van der Waals surface area contributed by atoms with Crippen molar-refractivity contribution in [2.24, 2.45) is 0 Å². The predicted molar refractivity (Wildman–Crippen MR) is 93.9 cm³/mol. The lowest BCUT2D eigenvalue weighted by Gasteiger charge is -2.22. The monoisotopic (exact) mass is 328 g/mol. The van der Waals surface area contributed by atoms with Gasteiger partial charge in [0, 0.05) is 11.4 Å². The standard InChI is InChI=1S/C18H24N4O2/c1-12-10-13(2)20-17(19-12)22-21-16(23)11-24-15-9-7-6-8-14(15)18(3,4)5/h6-10H,11H2,1-5H3,(H,21,23)(H,19,20,22). The number of aryl methyl sites for hydroxylation is 2. The van der Waals surface area contributed by atoms with Crippen LogP contribution in [0.3, 0.4) is 0 Å². The van der Waals surface area contributed by atoms with Crippen LogP contribution in [0.4, 0.5) is 5.95 Å². The van der Waals surface area contributed by atoms with E-state index < -0.39 is 0 Å². The Morgan fingerprint density at radius 3 is 2.38 bits per heavy atom. The molecule has 2 rings (SSSR count). The Morgan fingerprint density at radius 2 is 1.75 bits per heavy atom. The first-order valence-electron chi connectivity index (χ1n) is 7.85. The number of carbonyl (C=O) groups is 1. The van der Waals surface area contributed by atoms with Crippen molar-refractivity contribution in [2.75, 3.05) is 12.0 Å². The Bertz CT molecular complexity index is 703. The van der Waals surface area contributed by atoms with Crippen molar-refractivity contribution in [3.8, 4) is 5.75 Å². The molecule has 0 aliphatic carbocycles. The van der Waals surface area contributed by atoms with Crippen LogP contribution in [0.2, 0.25) is 0 Å². The Balaban J connectivity index is 1.92. The molecular weight excluding hydrogens is 304 g/mol. The molecule has 0 aliphatic rings. The topological polar surface area (TPSA) is 76.1 Å². The maximum absolute atomic E-state index is 12.0. The number of nitrogens with zero attached hydrogens (tertiary/aromatic N) is 2. The molecule has 0 aliphatic heterocycles. The van der Waals surface area contributed by atoms with Crippen LogP contribution in [0.15, 0.2) is 30.3 Å². The normalized spacial score (nSPS) is 11.0. The van der Waals surface area contributed by atoms with Crippen molar-refractivity contribution in [1.29, 1.82) is 0 Å². The Kier molecular flexibility index (Phi) is 5.39. The molecule has 0 radical (unpaired) electrons. The first-order valence-corrected chi connectivity index (χ1v) is 7.85. The quantitative estimate of drug-likeness (QED) is 0.825. The number of rotatable bonds is 5. The summed E-state index contributed by atoms with van der Waals surface area (Å²) < 4.78 is 5.67. The lowest BCUT2D eigenvalue weighted by Crippen LogP contribution is -2.34. The lowest BCUT2D eigenvalue weighted by molar-refractivity contribution is -0.122. The highest BCUT2D eigenvalue weighted by Gasteiger charge is 2.18. The molecule has 1 amide bonds. The smallest absolute Gasteiger partial charge is 0.276 e. The number of anilines is 1. The summed E-state index contributed by atoms with van der Waals surface area (Å²) in [5, 5.41) is 0. The first kappa shape index (κ1) is 17.7. The summed E-state index contributed by atoms with van der Waals surface area (Å²) in [6.07, 6.45) is 0. The zero-order valence-electron chi connectivity index (χ0n) is 14.8. The van der Waals surface area contributed by atoms with E-state index in [4.69, 9.17) is 4.74 Å². The second kappa shape index (κ2) is 7.29. The third-order valence-corrected chi connectivity index (χ3v) is 3.35. The van der Waals surface area contributed by atoms with Crippen LogP contribution in [-0.2, 0) is 10.2 Å². The molecule has 2 aromatic rings. The van der Waals surface area contributed by atoms with Crippen LogP contribution < -0.4 is 15.6 Å². The summed E-state index contributed by atoms with van der Waals surface area (Å²) in [4.78, 5) is 20.4. The minimum Gasteiger partial charge on any atom is -0.483 e. The van der Waals surface area contributed by atoms with Gasteiger partial charge < -0.3 is 4.74 Å². The fourth-order valence-corrected chi connectivity index (χ4v) is 2.30. The summed E-state index contributed by atoms with van der Waals surface area (Å²) >= 11 is 0. The zero-order valence-corrected chi connectivity index (χ0v) is 14.8. The van der Waals surface area contributed by atoms with Gasteiger partial charge in [0.2, 0.25) is 5.95 Å². The van der Waals surface area contributed by atoms with E-state index in [-0.39, 0.29) is 17.9 Å². The highest BCUT2D eigenvalue weighted by molar-refractivity contribution is 5.78. The van der Waals surface area contributed by atoms with Gasteiger partial charge in [-0.15, -0.1) is 0 Å². The molecule has 0 bridgehead atoms. The van der Waals surface area contributed by atoms with Gasteiger partial charge in [-0.3, -0.25) is 15.6 Å². The van der Waals surface area contributed by atoms with Crippen molar-refractivity contribution >= 4 is 11.9 Å². The molecule has 0 spiro atoms. The average Bonchev–Trinajstić information content (AvgIpc) is 2.49. The minimum absolute atomic E-state index is 0.0573. The third kappa shape index (κ3) is 4.94. The van der Waals surface area contributed by atoms with Gasteiger partial charge in [0.25, 0.3) is 5.91 Å². The van der Waals surface area contributed by atoms with Crippen LogP contribution >= 0.6 is 0 Å². The number of hydrazine groups is 1. The average molecular weight is 328 g/mol. The largest absolute Gasteiger partial charge is 0.483 e. The third-order valence-electron chi connectivity index (χ3n) is 3.35. The van der Waals surface area contributed by atoms with E-state index in [0.717, 1.165) is 17.0 Å². The second-order valence-corrected chi connectivity index (χ2v) is 6.68. The highest BCUT2D eigenvalue weighted by Crippen LogP contribution is 2.30. The number of hydrogen-bond donors (Lipinski definition) is 2. The molecule has 128 valence electrons. The number of benzene rings is 1. The van der Waals surface area contributed by atoms with Gasteiger partial charge in [-0.1, -0.05) is 39.0 Å². The summed E-state index contributed by atoms with van der Waals surface area (Å²) in [7, 11) is 0. The maximum atomic E-state index is 12.0. The van der Waals surface area contributed by atoms with Gasteiger partial charge in [-0.25, -0.2) is 9.97 Å². The van der Waals surface area contributed by atoms with Crippen molar-refractivity contribution in [2.45, 2.75) is 40.0 Å². The van der Waals surface area contributed by atoms with Gasteiger partial charge in [-0.2, -0.15) is 0 Å². The molecule has 0 saturated heterocycles. The summed E-state index contributed by atoms with van der Waals surface area (Å²) in [5.74, 6) is 0.764. The molecule has 24 heavy (non-hydrogen) atoms. The molecule has 0 fully saturated rings. The number of carbonyl (C=O) groups excluding carboxylic acids is 1. The fraction of sp³-hybridized carbons (Fsp3) is 0.389. The summed E-state index contributed by atoms with van der Waals surface area (Å²) in [6, 6.07) is 9.60. The maximum Gasteiger partial charge on any atom is 0.276 e. The zero-order chi connectivity index (χ0) is 17.7. The predicted octanol–water partition coefficient (Wildman–Crippen LogP) is 2.91. The number of ether oxygens (including phenoxy) is 1. The molecule has 1 heterocycles. The Labute approximate surface area is 142 Å². The molecule has 6 nitrogen and oxygen atoms in total. The van der Waals surface area contributed by atoms with E-state index in [1.165, 1.54) is 0 Å². The fourth-order valence-electron chi connectivity index (χ4n) is 2.30. The van der Waals surface area contributed by atoms with Crippen molar-refractivity contribution < 1.29 is 9.53 Å². The molecule has 0 atom stereocenters. The number of nitrogens with one attached hydrogen (secondary N) is 2. The second-order valence-electron chi connectivity index (χ2n) is 6.68. The van der Waals surface area contributed by atoms with Crippen LogP contribution in [0.5, 0.6) is 5.75 Å². The molecule has 6 heteroatoms.